The minimum Gasteiger partial charge on any atom is -0.477 e. The third-order valence-corrected chi connectivity index (χ3v) is 4.27. The van der Waals surface area contributed by atoms with E-state index in [1.165, 1.54) is 12.8 Å². The van der Waals surface area contributed by atoms with Gasteiger partial charge in [-0.3, -0.25) is 0 Å². The van der Waals surface area contributed by atoms with Crippen LogP contribution in [0.5, 0.6) is 5.88 Å². The molecule has 3 rings (SSSR count). The molecule has 0 radical (unpaired) electrons. The normalized spacial score (nSPS) is 15.0. The van der Waals surface area contributed by atoms with Gasteiger partial charge in [0, 0.05) is 18.8 Å². The van der Waals surface area contributed by atoms with Gasteiger partial charge in [0.2, 0.25) is 5.88 Å². The average molecular weight is 484 g/mol. The molecule has 1 aliphatic rings. The maximum Gasteiger partial charge on any atom is 0.213 e. The fourth-order valence-electron chi connectivity index (χ4n) is 2.57. The van der Waals surface area contributed by atoms with Crippen molar-refractivity contribution in [1.29, 1.82) is 0 Å². The number of hydrogen-bond acceptors (Lipinski definition) is 4. The second-order valence-corrected chi connectivity index (χ2v) is 6.77. The Morgan fingerprint density at radius 2 is 2.19 bits per heavy atom. The van der Waals surface area contributed by atoms with Gasteiger partial charge < -0.3 is 19.8 Å². The fraction of sp³-hybridized carbons (Fsp3) is 0.500. The molecule has 0 amide bonds. The van der Waals surface area contributed by atoms with E-state index in [4.69, 9.17) is 9.15 Å². The highest BCUT2D eigenvalue weighted by molar-refractivity contribution is 14.0. The summed E-state index contributed by atoms with van der Waals surface area (Å²) in [5.74, 6) is 3.96. The molecule has 0 spiro atoms. The molecule has 148 valence electrons. The van der Waals surface area contributed by atoms with E-state index in [9.17, 15) is 0 Å². The quantitative estimate of drug-likeness (QED) is 0.334. The second-order valence-electron chi connectivity index (χ2n) is 6.77. The van der Waals surface area contributed by atoms with Gasteiger partial charge in [0.25, 0.3) is 0 Å². The highest BCUT2D eigenvalue weighted by atomic mass is 127. The number of aliphatic imine (C=N–C) groups is 1. The molecule has 0 bridgehead atoms. The number of nitrogens with one attached hydrogen (secondary N) is 2. The van der Waals surface area contributed by atoms with Gasteiger partial charge in [0.15, 0.2) is 5.96 Å². The Kier molecular flexibility index (Phi) is 8.40. The van der Waals surface area contributed by atoms with Gasteiger partial charge in [0.05, 0.1) is 19.2 Å². The molecule has 1 fully saturated rings. The molecular weight excluding hydrogens is 455 g/mol. The molecule has 1 atom stereocenters. The highest BCUT2D eigenvalue weighted by Gasteiger charge is 2.22. The van der Waals surface area contributed by atoms with Crippen molar-refractivity contribution in [3.63, 3.8) is 0 Å². The van der Waals surface area contributed by atoms with Gasteiger partial charge in [0.1, 0.15) is 11.5 Å². The maximum atomic E-state index is 5.75. The number of nitrogens with zero attached hydrogens (tertiary/aromatic N) is 2. The van der Waals surface area contributed by atoms with E-state index in [0.29, 0.717) is 12.4 Å². The lowest BCUT2D eigenvalue weighted by atomic mass is 10.2. The predicted octanol–water partition coefficient (Wildman–Crippen LogP) is 4.21. The van der Waals surface area contributed by atoms with Crippen molar-refractivity contribution in [1.82, 2.24) is 15.6 Å². The van der Waals surface area contributed by atoms with Crippen molar-refractivity contribution in [3.8, 4) is 5.88 Å². The third kappa shape index (κ3) is 7.04. The van der Waals surface area contributed by atoms with Crippen LogP contribution in [0.4, 0.5) is 0 Å². The van der Waals surface area contributed by atoms with E-state index in [1.807, 2.05) is 31.2 Å². The SMILES string of the molecule is CCNC(=NCc1ccnc(OCC2CC2)c1)NC(C)c1ccc(C)o1.I. The molecule has 0 saturated heterocycles. The van der Waals surface area contributed by atoms with Gasteiger partial charge in [-0.25, -0.2) is 9.98 Å². The Balaban J connectivity index is 0.00000261. The zero-order valence-electron chi connectivity index (χ0n) is 16.2. The lowest BCUT2D eigenvalue weighted by Gasteiger charge is -2.16. The van der Waals surface area contributed by atoms with Crippen LogP contribution in [-0.4, -0.2) is 24.1 Å². The largest absolute Gasteiger partial charge is 0.477 e. The van der Waals surface area contributed by atoms with Crippen molar-refractivity contribution in [3.05, 3.63) is 47.5 Å². The number of rotatable bonds is 8. The molecule has 1 aliphatic carbocycles. The Hall–Kier alpha value is -1.77. The summed E-state index contributed by atoms with van der Waals surface area (Å²) in [5, 5.41) is 6.65. The number of pyridine rings is 1. The molecule has 27 heavy (non-hydrogen) atoms. The topological polar surface area (TPSA) is 71.7 Å². The Labute approximate surface area is 178 Å². The van der Waals surface area contributed by atoms with Crippen LogP contribution < -0.4 is 15.4 Å². The highest BCUT2D eigenvalue weighted by Crippen LogP contribution is 2.29. The number of aromatic nitrogens is 1. The van der Waals surface area contributed by atoms with Crippen molar-refractivity contribution >= 4 is 29.9 Å². The average Bonchev–Trinajstić information content (AvgIpc) is 3.37. The molecule has 2 aromatic rings. The molecule has 2 N–H and O–H groups in total. The molecule has 1 unspecified atom stereocenters. The van der Waals surface area contributed by atoms with E-state index in [-0.39, 0.29) is 30.0 Å². The molecule has 1 saturated carbocycles. The van der Waals surface area contributed by atoms with Gasteiger partial charge in [-0.05, 0) is 63.3 Å². The first kappa shape index (κ1) is 21.5. The lowest BCUT2D eigenvalue weighted by Crippen LogP contribution is -2.38. The summed E-state index contributed by atoms with van der Waals surface area (Å²) < 4.78 is 11.4. The van der Waals surface area contributed by atoms with E-state index in [2.05, 4.69) is 34.5 Å². The molecule has 7 heteroatoms. The van der Waals surface area contributed by atoms with Crippen LogP contribution in [0.3, 0.4) is 0 Å². The van der Waals surface area contributed by atoms with Crippen LogP contribution in [0.25, 0.3) is 0 Å². The summed E-state index contributed by atoms with van der Waals surface area (Å²) in [6, 6.07) is 7.93. The number of furan rings is 1. The molecule has 2 aromatic heterocycles. The maximum absolute atomic E-state index is 5.75. The first-order valence-corrected chi connectivity index (χ1v) is 9.33. The van der Waals surface area contributed by atoms with Gasteiger partial charge in [-0.2, -0.15) is 0 Å². The lowest BCUT2D eigenvalue weighted by molar-refractivity contribution is 0.288. The van der Waals surface area contributed by atoms with Crippen molar-refractivity contribution in [2.75, 3.05) is 13.2 Å². The van der Waals surface area contributed by atoms with Crippen LogP contribution in [0, 0.1) is 12.8 Å². The molecule has 2 heterocycles. The van der Waals surface area contributed by atoms with Crippen molar-refractivity contribution in [2.24, 2.45) is 10.9 Å². The van der Waals surface area contributed by atoms with Crippen molar-refractivity contribution in [2.45, 2.75) is 46.2 Å². The summed E-state index contributed by atoms with van der Waals surface area (Å²) in [7, 11) is 0. The number of guanidine groups is 1. The Bertz CT molecular complexity index is 743. The van der Waals surface area contributed by atoms with Crippen LogP contribution in [-0.2, 0) is 6.54 Å². The number of halogens is 1. The third-order valence-electron chi connectivity index (χ3n) is 4.27. The number of hydrogen-bond donors (Lipinski definition) is 2. The van der Waals surface area contributed by atoms with Gasteiger partial charge in [-0.1, -0.05) is 0 Å². The molecular formula is C20H29IN4O2. The molecule has 0 aliphatic heterocycles. The fourth-order valence-corrected chi connectivity index (χ4v) is 2.57. The standard InChI is InChI=1S/C20H28N4O2.HI/c1-4-21-20(24-15(3)18-8-5-14(2)26-18)23-12-17-9-10-22-19(11-17)25-13-16-6-7-16;/h5,8-11,15-16H,4,6-7,12-13H2,1-3H3,(H2,21,23,24);1H. The first-order valence-electron chi connectivity index (χ1n) is 9.33. The minimum absolute atomic E-state index is 0. The van der Waals surface area contributed by atoms with Crippen molar-refractivity contribution < 1.29 is 9.15 Å². The minimum atomic E-state index is 0. The summed E-state index contributed by atoms with van der Waals surface area (Å²) in [6.07, 6.45) is 4.33. The van der Waals surface area contributed by atoms with Gasteiger partial charge in [-0.15, -0.1) is 24.0 Å². The van der Waals surface area contributed by atoms with Crippen LogP contribution in [0.15, 0.2) is 39.9 Å². The van der Waals surface area contributed by atoms with E-state index in [1.54, 1.807) is 6.20 Å². The van der Waals surface area contributed by atoms with E-state index >= 15 is 0 Å². The van der Waals surface area contributed by atoms with E-state index in [0.717, 1.165) is 42.1 Å². The summed E-state index contributed by atoms with van der Waals surface area (Å²) in [5.41, 5.74) is 1.07. The Morgan fingerprint density at radius 1 is 1.37 bits per heavy atom. The van der Waals surface area contributed by atoms with Gasteiger partial charge >= 0.3 is 0 Å². The van der Waals surface area contributed by atoms with E-state index < -0.39 is 0 Å². The Morgan fingerprint density at radius 3 is 2.85 bits per heavy atom. The van der Waals surface area contributed by atoms with Crippen LogP contribution in [0.2, 0.25) is 0 Å². The number of ether oxygens (including phenoxy) is 1. The zero-order chi connectivity index (χ0) is 18.4. The predicted molar refractivity (Wildman–Crippen MR) is 118 cm³/mol. The molecule has 0 aromatic carbocycles. The summed E-state index contributed by atoms with van der Waals surface area (Å²) in [6.45, 7) is 8.17. The monoisotopic (exact) mass is 484 g/mol. The summed E-state index contributed by atoms with van der Waals surface area (Å²) in [4.78, 5) is 8.95. The molecule has 6 nitrogen and oxygen atoms in total. The second kappa shape index (κ2) is 10.5. The summed E-state index contributed by atoms with van der Waals surface area (Å²) >= 11 is 0. The smallest absolute Gasteiger partial charge is 0.213 e. The van der Waals surface area contributed by atoms with Crippen LogP contribution >= 0.6 is 24.0 Å². The zero-order valence-corrected chi connectivity index (χ0v) is 18.5. The number of aryl methyl sites for hydroxylation is 1. The first-order chi connectivity index (χ1) is 12.6. The van der Waals surface area contributed by atoms with Crippen LogP contribution in [0.1, 0.15) is 49.8 Å².